The molecule has 16 heavy (non-hydrogen) atoms. The predicted octanol–water partition coefficient (Wildman–Crippen LogP) is 0.750. The molecule has 0 saturated carbocycles. The zero-order valence-electron chi connectivity index (χ0n) is 10.2. The van der Waals surface area contributed by atoms with Gasteiger partial charge in [-0.25, -0.2) is 0 Å². The smallest absolute Gasteiger partial charge is 0.224 e. The number of carbonyl (C=O) groups excluding carboxylic acids is 1. The molecule has 2 aliphatic heterocycles. The first-order valence-electron chi connectivity index (χ1n) is 6.25. The molecule has 3 atom stereocenters. The number of likely N-dealkylation sites (tertiary alicyclic amines) is 1. The average Bonchev–Trinajstić information content (AvgIpc) is 2.57. The van der Waals surface area contributed by atoms with E-state index < -0.39 is 0 Å². The van der Waals surface area contributed by atoms with E-state index in [-0.39, 0.29) is 24.2 Å². The van der Waals surface area contributed by atoms with Gasteiger partial charge in [0.25, 0.3) is 0 Å². The fourth-order valence-electron chi connectivity index (χ4n) is 2.38. The Morgan fingerprint density at radius 2 is 1.94 bits per heavy atom. The minimum absolute atomic E-state index is 0.0204. The van der Waals surface area contributed by atoms with Gasteiger partial charge in [0.15, 0.2) is 0 Å². The van der Waals surface area contributed by atoms with Crippen molar-refractivity contribution < 1.29 is 9.53 Å². The Kier molecular flexibility index (Phi) is 3.50. The van der Waals surface area contributed by atoms with Gasteiger partial charge in [-0.2, -0.15) is 0 Å². The number of rotatable bonds is 3. The number of carbonyl (C=O) groups is 1. The van der Waals surface area contributed by atoms with E-state index >= 15 is 0 Å². The molecule has 2 rings (SSSR count). The van der Waals surface area contributed by atoms with Crippen molar-refractivity contribution in [2.24, 2.45) is 11.7 Å². The third kappa shape index (κ3) is 2.55. The number of nitrogens with two attached hydrogens (primary N) is 1. The van der Waals surface area contributed by atoms with Gasteiger partial charge in [0.05, 0.1) is 12.2 Å². The van der Waals surface area contributed by atoms with E-state index in [4.69, 9.17) is 10.5 Å². The van der Waals surface area contributed by atoms with Crippen molar-refractivity contribution in [3.05, 3.63) is 0 Å². The monoisotopic (exact) mass is 226 g/mol. The number of hydrogen-bond acceptors (Lipinski definition) is 3. The minimum atomic E-state index is -0.0204. The second-order valence-corrected chi connectivity index (χ2v) is 5.37. The van der Waals surface area contributed by atoms with E-state index in [1.807, 2.05) is 4.90 Å². The summed E-state index contributed by atoms with van der Waals surface area (Å²) in [4.78, 5) is 14.0. The first-order chi connectivity index (χ1) is 7.56. The molecule has 0 radical (unpaired) electrons. The summed E-state index contributed by atoms with van der Waals surface area (Å²) in [6.07, 6.45) is 3.22. The summed E-state index contributed by atoms with van der Waals surface area (Å²) < 4.78 is 5.70. The highest BCUT2D eigenvalue weighted by atomic mass is 16.5. The number of amides is 1. The SMILES string of the molecule is CC(C)C(N)CC(=O)N1CC2CCC(C1)O2. The molecule has 4 heteroatoms. The third-order valence-corrected chi connectivity index (χ3v) is 3.66. The van der Waals surface area contributed by atoms with E-state index in [0.717, 1.165) is 25.9 Å². The first-order valence-corrected chi connectivity index (χ1v) is 6.25. The molecule has 3 unspecified atom stereocenters. The number of ether oxygens (including phenoxy) is 1. The summed E-state index contributed by atoms with van der Waals surface area (Å²) in [5.74, 6) is 0.558. The Morgan fingerprint density at radius 1 is 1.38 bits per heavy atom. The quantitative estimate of drug-likeness (QED) is 0.772. The van der Waals surface area contributed by atoms with Gasteiger partial charge in [-0.1, -0.05) is 13.8 Å². The topological polar surface area (TPSA) is 55.6 Å². The molecular weight excluding hydrogens is 204 g/mol. The molecular formula is C12H22N2O2. The van der Waals surface area contributed by atoms with Gasteiger partial charge in [-0.05, 0) is 18.8 Å². The van der Waals surface area contributed by atoms with Crippen LogP contribution in [0.2, 0.25) is 0 Å². The van der Waals surface area contributed by atoms with Crippen molar-refractivity contribution >= 4 is 5.91 Å². The lowest BCUT2D eigenvalue weighted by atomic mass is 10.0. The Hall–Kier alpha value is -0.610. The van der Waals surface area contributed by atoms with Gasteiger partial charge in [0.2, 0.25) is 5.91 Å². The van der Waals surface area contributed by atoms with Crippen LogP contribution in [-0.4, -0.2) is 42.1 Å². The standard InChI is InChI=1S/C12H22N2O2/c1-8(2)11(13)5-12(15)14-6-9-3-4-10(7-14)16-9/h8-11H,3-7,13H2,1-2H3. The first kappa shape index (κ1) is 11.9. The van der Waals surface area contributed by atoms with Crippen LogP contribution in [-0.2, 0) is 9.53 Å². The van der Waals surface area contributed by atoms with Gasteiger partial charge in [0.1, 0.15) is 0 Å². The second-order valence-electron chi connectivity index (χ2n) is 5.37. The van der Waals surface area contributed by atoms with Crippen LogP contribution < -0.4 is 5.73 Å². The maximum atomic E-state index is 12.0. The Labute approximate surface area is 97.1 Å². The van der Waals surface area contributed by atoms with Crippen LogP contribution in [0.3, 0.4) is 0 Å². The normalized spacial score (nSPS) is 30.9. The second kappa shape index (κ2) is 4.72. The van der Waals surface area contributed by atoms with E-state index in [0.29, 0.717) is 12.3 Å². The largest absolute Gasteiger partial charge is 0.371 e. The zero-order chi connectivity index (χ0) is 11.7. The lowest BCUT2D eigenvalue weighted by Gasteiger charge is -2.33. The number of hydrogen-bond donors (Lipinski definition) is 1. The van der Waals surface area contributed by atoms with Crippen molar-refractivity contribution in [3.8, 4) is 0 Å². The van der Waals surface area contributed by atoms with Gasteiger partial charge < -0.3 is 15.4 Å². The van der Waals surface area contributed by atoms with Crippen molar-refractivity contribution in [1.29, 1.82) is 0 Å². The fourth-order valence-corrected chi connectivity index (χ4v) is 2.38. The molecule has 2 fully saturated rings. The summed E-state index contributed by atoms with van der Waals surface area (Å²) in [5, 5.41) is 0. The molecule has 0 spiro atoms. The van der Waals surface area contributed by atoms with Gasteiger partial charge in [-0.3, -0.25) is 4.79 Å². The molecule has 0 aromatic carbocycles. The molecule has 2 saturated heterocycles. The molecule has 2 bridgehead atoms. The molecule has 0 aromatic rings. The molecule has 2 aliphatic rings. The maximum absolute atomic E-state index is 12.0. The van der Waals surface area contributed by atoms with Crippen LogP contribution in [0.15, 0.2) is 0 Å². The Bertz CT molecular complexity index is 256. The van der Waals surface area contributed by atoms with E-state index in [1.54, 1.807) is 0 Å². The molecule has 92 valence electrons. The van der Waals surface area contributed by atoms with Crippen LogP contribution in [0.1, 0.15) is 33.1 Å². The number of fused-ring (bicyclic) bond motifs is 2. The van der Waals surface area contributed by atoms with Gasteiger partial charge >= 0.3 is 0 Å². The van der Waals surface area contributed by atoms with E-state index in [9.17, 15) is 4.79 Å². The van der Waals surface area contributed by atoms with Crippen molar-refractivity contribution in [2.45, 2.75) is 51.4 Å². The number of nitrogens with zero attached hydrogens (tertiary/aromatic N) is 1. The van der Waals surface area contributed by atoms with E-state index in [2.05, 4.69) is 13.8 Å². The fraction of sp³-hybridized carbons (Fsp3) is 0.917. The van der Waals surface area contributed by atoms with Crippen LogP contribution >= 0.6 is 0 Å². The number of morpholine rings is 1. The zero-order valence-corrected chi connectivity index (χ0v) is 10.2. The lowest BCUT2D eigenvalue weighted by Crippen LogP contribution is -2.47. The molecule has 1 amide bonds. The molecule has 2 heterocycles. The van der Waals surface area contributed by atoms with Gasteiger partial charge in [-0.15, -0.1) is 0 Å². The van der Waals surface area contributed by atoms with Gasteiger partial charge in [0, 0.05) is 25.6 Å². The molecule has 4 nitrogen and oxygen atoms in total. The van der Waals surface area contributed by atoms with Crippen LogP contribution in [0.5, 0.6) is 0 Å². The van der Waals surface area contributed by atoms with Crippen molar-refractivity contribution in [2.75, 3.05) is 13.1 Å². The molecule has 0 aliphatic carbocycles. The van der Waals surface area contributed by atoms with Crippen molar-refractivity contribution in [1.82, 2.24) is 4.90 Å². The predicted molar refractivity (Wildman–Crippen MR) is 61.9 cm³/mol. The highest BCUT2D eigenvalue weighted by molar-refractivity contribution is 5.77. The van der Waals surface area contributed by atoms with Crippen LogP contribution in [0.25, 0.3) is 0 Å². The average molecular weight is 226 g/mol. The van der Waals surface area contributed by atoms with Crippen LogP contribution in [0.4, 0.5) is 0 Å². The summed E-state index contributed by atoms with van der Waals surface area (Å²) in [6, 6.07) is -0.0204. The molecule has 2 N–H and O–H groups in total. The summed E-state index contributed by atoms with van der Waals surface area (Å²) in [7, 11) is 0. The summed E-state index contributed by atoms with van der Waals surface area (Å²) in [6.45, 7) is 5.64. The van der Waals surface area contributed by atoms with Crippen molar-refractivity contribution in [3.63, 3.8) is 0 Å². The molecule has 0 aromatic heterocycles. The van der Waals surface area contributed by atoms with E-state index in [1.165, 1.54) is 0 Å². The highest BCUT2D eigenvalue weighted by Crippen LogP contribution is 2.26. The Balaban J connectivity index is 1.86. The lowest BCUT2D eigenvalue weighted by molar-refractivity contribution is -0.140. The highest BCUT2D eigenvalue weighted by Gasteiger charge is 2.35. The minimum Gasteiger partial charge on any atom is -0.371 e. The third-order valence-electron chi connectivity index (χ3n) is 3.66. The maximum Gasteiger partial charge on any atom is 0.224 e. The summed E-state index contributed by atoms with van der Waals surface area (Å²) in [5.41, 5.74) is 5.93. The van der Waals surface area contributed by atoms with Crippen LogP contribution in [0, 0.1) is 5.92 Å². The summed E-state index contributed by atoms with van der Waals surface area (Å²) >= 11 is 0. The Morgan fingerprint density at radius 3 is 2.44 bits per heavy atom.